The van der Waals surface area contributed by atoms with Gasteiger partial charge in [-0.3, -0.25) is 9.78 Å². The van der Waals surface area contributed by atoms with Crippen molar-refractivity contribution in [2.75, 3.05) is 42.1 Å². The second kappa shape index (κ2) is 8.06. The summed E-state index contributed by atoms with van der Waals surface area (Å²) in [5.41, 5.74) is 9.30. The van der Waals surface area contributed by atoms with Crippen LogP contribution in [-0.2, 0) is 0 Å². The second-order valence-electron chi connectivity index (χ2n) is 6.61. The Kier molecular flexibility index (Phi) is 5.16. The highest BCUT2D eigenvalue weighted by atomic mass is 16.1. The van der Waals surface area contributed by atoms with Crippen molar-refractivity contribution in [1.82, 2.24) is 15.3 Å². The number of carbonyl (C=O) groups excluding carboxylic acids is 1. The number of nitrogens with two attached hydrogens (primary N) is 1. The van der Waals surface area contributed by atoms with Gasteiger partial charge in [0.15, 0.2) is 0 Å². The van der Waals surface area contributed by atoms with Crippen LogP contribution in [0.1, 0.15) is 10.4 Å². The number of nitrogens with zero attached hydrogens (tertiary/aromatic N) is 3. The quantitative estimate of drug-likeness (QED) is 0.607. The lowest BCUT2D eigenvalue weighted by Gasteiger charge is -2.28. The molecular weight excluding hydrogens is 352 g/mol. The standard InChI is InChI=1S/C21H22N6O/c22-17-6-4-15(18-3-1-2-8-24-18)13-19(17)26-21(28)16-5-7-20(25-14-16)27-11-9-23-10-12-27/h1-8,13-14,23H,9-12,22H2,(H,26,28). The maximum atomic E-state index is 12.7. The molecule has 1 aliphatic heterocycles. The van der Waals surface area contributed by atoms with Gasteiger partial charge in [-0.15, -0.1) is 0 Å². The molecule has 0 atom stereocenters. The van der Waals surface area contributed by atoms with Crippen molar-refractivity contribution in [3.63, 3.8) is 0 Å². The third kappa shape index (κ3) is 3.94. The van der Waals surface area contributed by atoms with E-state index >= 15 is 0 Å². The van der Waals surface area contributed by atoms with Gasteiger partial charge in [0.2, 0.25) is 0 Å². The molecule has 0 aliphatic carbocycles. The van der Waals surface area contributed by atoms with Gasteiger partial charge < -0.3 is 21.3 Å². The Bertz CT molecular complexity index is 952. The molecule has 3 aromatic rings. The minimum absolute atomic E-state index is 0.246. The fraction of sp³-hybridized carbons (Fsp3) is 0.190. The van der Waals surface area contributed by atoms with Gasteiger partial charge in [-0.1, -0.05) is 12.1 Å². The lowest BCUT2D eigenvalue weighted by atomic mass is 10.1. The van der Waals surface area contributed by atoms with Gasteiger partial charge in [-0.2, -0.15) is 0 Å². The van der Waals surface area contributed by atoms with E-state index in [9.17, 15) is 4.79 Å². The number of nitrogen functional groups attached to an aromatic ring is 1. The van der Waals surface area contributed by atoms with Gasteiger partial charge in [0.1, 0.15) is 5.82 Å². The van der Waals surface area contributed by atoms with Gasteiger partial charge in [0.05, 0.1) is 22.6 Å². The van der Waals surface area contributed by atoms with Crippen molar-refractivity contribution >= 4 is 23.1 Å². The summed E-state index contributed by atoms with van der Waals surface area (Å²) in [4.78, 5) is 23.6. The number of anilines is 3. The van der Waals surface area contributed by atoms with E-state index < -0.39 is 0 Å². The first-order valence-corrected chi connectivity index (χ1v) is 9.25. The molecule has 142 valence electrons. The summed E-state index contributed by atoms with van der Waals surface area (Å²) in [6, 6.07) is 14.9. The number of carbonyl (C=O) groups is 1. The van der Waals surface area contributed by atoms with Crippen LogP contribution >= 0.6 is 0 Å². The van der Waals surface area contributed by atoms with E-state index in [0.29, 0.717) is 16.9 Å². The van der Waals surface area contributed by atoms with E-state index in [4.69, 9.17) is 5.73 Å². The molecular formula is C21H22N6O. The molecule has 1 aromatic carbocycles. The van der Waals surface area contributed by atoms with Crippen LogP contribution in [0.5, 0.6) is 0 Å². The highest BCUT2D eigenvalue weighted by Gasteiger charge is 2.14. The SMILES string of the molecule is Nc1ccc(-c2ccccn2)cc1NC(=O)c1ccc(N2CCNCC2)nc1. The van der Waals surface area contributed by atoms with Crippen molar-refractivity contribution < 1.29 is 4.79 Å². The molecule has 1 saturated heterocycles. The number of nitrogens with one attached hydrogen (secondary N) is 2. The summed E-state index contributed by atoms with van der Waals surface area (Å²) < 4.78 is 0. The van der Waals surface area contributed by atoms with E-state index in [1.807, 2.05) is 36.4 Å². The molecule has 1 amide bonds. The predicted octanol–water partition coefficient (Wildman–Crippen LogP) is 2.39. The maximum Gasteiger partial charge on any atom is 0.257 e. The third-order valence-corrected chi connectivity index (χ3v) is 4.71. The van der Waals surface area contributed by atoms with Crippen LogP contribution in [0.2, 0.25) is 0 Å². The second-order valence-corrected chi connectivity index (χ2v) is 6.61. The Hall–Kier alpha value is -3.45. The van der Waals surface area contributed by atoms with Gasteiger partial charge in [0.25, 0.3) is 5.91 Å². The summed E-state index contributed by atoms with van der Waals surface area (Å²) in [5, 5.41) is 6.19. The van der Waals surface area contributed by atoms with E-state index in [0.717, 1.165) is 43.3 Å². The zero-order chi connectivity index (χ0) is 19.3. The maximum absolute atomic E-state index is 12.7. The number of hydrogen-bond donors (Lipinski definition) is 3. The van der Waals surface area contributed by atoms with Gasteiger partial charge in [-0.05, 0) is 36.4 Å². The number of piperazine rings is 1. The summed E-state index contributed by atoms with van der Waals surface area (Å²) >= 11 is 0. The molecule has 4 rings (SSSR count). The number of hydrogen-bond acceptors (Lipinski definition) is 6. The van der Waals surface area contributed by atoms with E-state index in [1.54, 1.807) is 24.5 Å². The molecule has 7 nitrogen and oxygen atoms in total. The molecule has 0 unspecified atom stereocenters. The van der Waals surface area contributed by atoms with Crippen LogP contribution in [0.15, 0.2) is 60.9 Å². The Morgan fingerprint density at radius 2 is 1.93 bits per heavy atom. The number of pyridine rings is 2. The highest BCUT2D eigenvalue weighted by molar-refractivity contribution is 6.06. The monoisotopic (exact) mass is 374 g/mol. The normalized spacial score (nSPS) is 13.9. The summed E-state index contributed by atoms with van der Waals surface area (Å²) in [6.07, 6.45) is 3.33. The van der Waals surface area contributed by atoms with Crippen LogP contribution in [0, 0.1) is 0 Å². The Balaban J connectivity index is 1.50. The molecule has 0 bridgehead atoms. The Labute approximate surface area is 163 Å². The molecule has 0 spiro atoms. The van der Waals surface area contributed by atoms with Gasteiger partial charge in [0, 0.05) is 44.1 Å². The topological polar surface area (TPSA) is 96.2 Å². The summed E-state index contributed by atoms with van der Waals surface area (Å²) in [5.74, 6) is 0.638. The Morgan fingerprint density at radius 3 is 2.64 bits per heavy atom. The average Bonchev–Trinajstić information content (AvgIpc) is 2.76. The molecule has 28 heavy (non-hydrogen) atoms. The van der Waals surface area contributed by atoms with Crippen LogP contribution in [0.4, 0.5) is 17.2 Å². The number of rotatable bonds is 4. The van der Waals surface area contributed by atoms with E-state index in [1.165, 1.54) is 0 Å². The highest BCUT2D eigenvalue weighted by Crippen LogP contribution is 2.26. The van der Waals surface area contributed by atoms with Gasteiger partial charge >= 0.3 is 0 Å². The Morgan fingerprint density at radius 1 is 1.07 bits per heavy atom. The molecule has 0 saturated carbocycles. The summed E-state index contributed by atoms with van der Waals surface area (Å²) in [7, 11) is 0. The fourth-order valence-corrected chi connectivity index (χ4v) is 3.15. The van der Waals surface area contributed by atoms with Crippen LogP contribution in [0.25, 0.3) is 11.3 Å². The van der Waals surface area contributed by atoms with Gasteiger partial charge in [-0.25, -0.2) is 4.98 Å². The van der Waals surface area contributed by atoms with Crippen molar-refractivity contribution in [2.24, 2.45) is 0 Å². The smallest absolute Gasteiger partial charge is 0.257 e. The minimum atomic E-state index is -0.246. The fourth-order valence-electron chi connectivity index (χ4n) is 3.15. The number of benzene rings is 1. The first-order valence-electron chi connectivity index (χ1n) is 9.25. The predicted molar refractivity (Wildman–Crippen MR) is 111 cm³/mol. The summed E-state index contributed by atoms with van der Waals surface area (Å²) in [6.45, 7) is 3.70. The lowest BCUT2D eigenvalue weighted by Crippen LogP contribution is -2.43. The van der Waals surface area contributed by atoms with Crippen molar-refractivity contribution in [3.8, 4) is 11.3 Å². The number of aromatic nitrogens is 2. The van der Waals surface area contributed by atoms with Crippen LogP contribution in [0.3, 0.4) is 0 Å². The molecule has 1 aliphatic rings. The van der Waals surface area contributed by atoms with Crippen molar-refractivity contribution in [1.29, 1.82) is 0 Å². The molecule has 2 aromatic heterocycles. The first kappa shape index (κ1) is 17.9. The lowest BCUT2D eigenvalue weighted by molar-refractivity contribution is 0.102. The van der Waals surface area contributed by atoms with E-state index in [2.05, 4.69) is 25.5 Å². The number of amides is 1. The van der Waals surface area contributed by atoms with Crippen molar-refractivity contribution in [3.05, 3.63) is 66.5 Å². The molecule has 4 N–H and O–H groups in total. The molecule has 0 radical (unpaired) electrons. The molecule has 3 heterocycles. The third-order valence-electron chi connectivity index (χ3n) is 4.71. The van der Waals surface area contributed by atoms with Crippen LogP contribution < -0.4 is 21.3 Å². The zero-order valence-electron chi connectivity index (χ0n) is 15.4. The molecule has 7 heteroatoms. The first-order chi connectivity index (χ1) is 13.7. The van der Waals surface area contributed by atoms with E-state index in [-0.39, 0.29) is 5.91 Å². The minimum Gasteiger partial charge on any atom is -0.397 e. The average molecular weight is 374 g/mol. The molecule has 1 fully saturated rings. The zero-order valence-corrected chi connectivity index (χ0v) is 15.4. The largest absolute Gasteiger partial charge is 0.397 e. The van der Waals surface area contributed by atoms with Crippen molar-refractivity contribution in [2.45, 2.75) is 0 Å². The van der Waals surface area contributed by atoms with Crippen LogP contribution in [-0.4, -0.2) is 42.1 Å².